The fourth-order valence-corrected chi connectivity index (χ4v) is 2.88. The number of benzene rings is 1. The molecule has 0 atom stereocenters. The van der Waals surface area contributed by atoms with Crippen molar-refractivity contribution in [2.24, 2.45) is 0 Å². The molecule has 108 valence electrons. The van der Waals surface area contributed by atoms with Gasteiger partial charge in [0.25, 0.3) is 0 Å². The minimum Gasteiger partial charge on any atom is -0.493 e. The molecule has 0 N–H and O–H groups in total. The number of alkyl halides is 1. The van der Waals surface area contributed by atoms with Gasteiger partial charge in [0.1, 0.15) is 6.61 Å². The predicted octanol–water partition coefficient (Wildman–Crippen LogP) is 4.74. The lowest BCUT2D eigenvalue weighted by molar-refractivity contribution is 0.268. The van der Waals surface area contributed by atoms with Crippen molar-refractivity contribution in [1.82, 2.24) is 0 Å². The van der Waals surface area contributed by atoms with Crippen LogP contribution in [0.4, 0.5) is 0 Å². The molecule has 2 aromatic rings. The van der Waals surface area contributed by atoms with Gasteiger partial charge >= 0.3 is 0 Å². The van der Waals surface area contributed by atoms with Crippen LogP contribution in [-0.2, 0) is 12.5 Å². The lowest BCUT2D eigenvalue weighted by Gasteiger charge is -2.15. The molecule has 0 spiro atoms. The van der Waals surface area contributed by atoms with Crippen LogP contribution in [0.2, 0.25) is 4.34 Å². The molecule has 0 aliphatic rings. The molecule has 1 aromatic heterocycles. The fourth-order valence-electron chi connectivity index (χ4n) is 1.73. The molecule has 0 saturated heterocycles. The highest BCUT2D eigenvalue weighted by molar-refractivity contribution is 7.16. The van der Waals surface area contributed by atoms with E-state index in [1.54, 1.807) is 14.2 Å². The zero-order valence-corrected chi connectivity index (χ0v) is 13.4. The summed E-state index contributed by atoms with van der Waals surface area (Å²) in [4.78, 5) is 1.03. The molecule has 0 aliphatic carbocycles. The third-order valence-corrected chi connectivity index (χ3v) is 4.18. The van der Waals surface area contributed by atoms with Crippen LogP contribution in [0.3, 0.4) is 0 Å². The Bertz CT molecular complexity index is 559. The molecular weight excluding hydrogens is 319 g/mol. The van der Waals surface area contributed by atoms with Crippen LogP contribution in [0.5, 0.6) is 17.2 Å². The van der Waals surface area contributed by atoms with Gasteiger partial charge in [0, 0.05) is 10.8 Å². The van der Waals surface area contributed by atoms with Crippen LogP contribution in [0.25, 0.3) is 0 Å². The topological polar surface area (TPSA) is 27.7 Å². The van der Waals surface area contributed by atoms with E-state index in [1.165, 1.54) is 11.3 Å². The summed E-state index contributed by atoms with van der Waals surface area (Å²) < 4.78 is 17.2. The second-order valence-corrected chi connectivity index (χ2v) is 6.02. The maximum atomic E-state index is 5.90. The van der Waals surface area contributed by atoms with Crippen molar-refractivity contribution in [1.29, 1.82) is 0 Å². The number of ether oxygens (including phenoxy) is 3. The Hall–Kier alpha value is -1.10. The van der Waals surface area contributed by atoms with Gasteiger partial charge < -0.3 is 14.2 Å². The van der Waals surface area contributed by atoms with E-state index in [0.717, 1.165) is 14.8 Å². The lowest BCUT2D eigenvalue weighted by Crippen LogP contribution is -2.00. The number of methoxy groups -OCH3 is 2. The third kappa shape index (κ3) is 3.51. The molecule has 0 unspecified atom stereocenters. The third-order valence-electron chi connectivity index (χ3n) is 2.66. The van der Waals surface area contributed by atoms with E-state index in [2.05, 4.69) is 0 Å². The standard InChI is InChI=1S/C14H14Cl2O3S/c1-17-11-5-9(7-15)6-12(18-2)14(11)19-8-10-3-4-13(16)20-10/h3-6H,7-8H2,1-2H3. The van der Waals surface area contributed by atoms with Gasteiger partial charge in [-0.3, -0.25) is 0 Å². The van der Waals surface area contributed by atoms with E-state index in [-0.39, 0.29) is 0 Å². The molecule has 0 bridgehead atoms. The van der Waals surface area contributed by atoms with Crippen molar-refractivity contribution >= 4 is 34.5 Å². The highest BCUT2D eigenvalue weighted by Gasteiger charge is 2.14. The van der Waals surface area contributed by atoms with Gasteiger partial charge in [-0.1, -0.05) is 11.6 Å². The Morgan fingerprint density at radius 1 is 1.10 bits per heavy atom. The van der Waals surface area contributed by atoms with Gasteiger partial charge in [-0.15, -0.1) is 22.9 Å². The molecule has 0 amide bonds. The van der Waals surface area contributed by atoms with Gasteiger partial charge in [-0.2, -0.15) is 0 Å². The molecule has 0 fully saturated rings. The summed E-state index contributed by atoms with van der Waals surface area (Å²) in [7, 11) is 3.17. The largest absolute Gasteiger partial charge is 0.493 e. The van der Waals surface area contributed by atoms with Gasteiger partial charge in [-0.25, -0.2) is 0 Å². The number of halogens is 2. The first-order valence-corrected chi connectivity index (χ1v) is 7.58. The smallest absolute Gasteiger partial charge is 0.203 e. The van der Waals surface area contributed by atoms with Crippen LogP contribution in [0.15, 0.2) is 24.3 Å². The quantitative estimate of drug-likeness (QED) is 0.715. The Morgan fingerprint density at radius 3 is 2.20 bits per heavy atom. The Balaban J connectivity index is 2.24. The van der Waals surface area contributed by atoms with Crippen molar-refractivity contribution < 1.29 is 14.2 Å². The number of hydrogen-bond donors (Lipinski definition) is 0. The van der Waals surface area contributed by atoms with Crippen molar-refractivity contribution in [2.45, 2.75) is 12.5 Å². The summed E-state index contributed by atoms with van der Waals surface area (Å²) in [5.74, 6) is 2.15. The average Bonchev–Trinajstić information content (AvgIpc) is 2.89. The summed E-state index contributed by atoms with van der Waals surface area (Å²) in [6, 6.07) is 7.45. The van der Waals surface area contributed by atoms with Crippen LogP contribution >= 0.6 is 34.5 Å². The molecule has 1 heterocycles. The molecule has 0 saturated carbocycles. The van der Waals surface area contributed by atoms with E-state index in [1.807, 2.05) is 24.3 Å². The second kappa shape index (κ2) is 7.07. The molecule has 20 heavy (non-hydrogen) atoms. The molecule has 0 radical (unpaired) electrons. The van der Waals surface area contributed by atoms with Crippen molar-refractivity contribution in [3.63, 3.8) is 0 Å². The Labute approximate surface area is 132 Å². The van der Waals surface area contributed by atoms with Gasteiger partial charge in [0.2, 0.25) is 5.75 Å². The van der Waals surface area contributed by atoms with E-state index in [4.69, 9.17) is 37.4 Å². The van der Waals surface area contributed by atoms with Crippen molar-refractivity contribution in [3.8, 4) is 17.2 Å². The first kappa shape index (κ1) is 15.3. The summed E-state index contributed by atoms with van der Waals surface area (Å²) in [5.41, 5.74) is 0.909. The van der Waals surface area contributed by atoms with Crippen LogP contribution in [0.1, 0.15) is 10.4 Å². The molecule has 3 nitrogen and oxygen atoms in total. The zero-order chi connectivity index (χ0) is 14.5. The fraction of sp³-hybridized carbons (Fsp3) is 0.286. The first-order chi connectivity index (χ1) is 9.67. The minimum atomic E-state index is 0.382. The summed E-state index contributed by atoms with van der Waals surface area (Å²) >= 11 is 13.2. The highest BCUT2D eigenvalue weighted by atomic mass is 35.5. The molecule has 0 aliphatic heterocycles. The molecule has 6 heteroatoms. The maximum Gasteiger partial charge on any atom is 0.203 e. The normalized spacial score (nSPS) is 10.4. The van der Waals surface area contributed by atoms with Gasteiger partial charge in [0.15, 0.2) is 11.5 Å². The number of rotatable bonds is 6. The molecule has 1 aromatic carbocycles. The predicted molar refractivity (Wildman–Crippen MR) is 82.8 cm³/mol. The van der Waals surface area contributed by atoms with Gasteiger partial charge in [-0.05, 0) is 29.8 Å². The van der Waals surface area contributed by atoms with Crippen molar-refractivity contribution in [3.05, 3.63) is 39.0 Å². The van der Waals surface area contributed by atoms with Crippen LogP contribution < -0.4 is 14.2 Å². The molecule has 2 rings (SSSR count). The number of thiophene rings is 1. The zero-order valence-electron chi connectivity index (χ0n) is 11.1. The van der Waals surface area contributed by atoms with E-state index in [0.29, 0.717) is 29.7 Å². The SMILES string of the molecule is COc1cc(CCl)cc(OC)c1OCc1ccc(Cl)s1. The van der Waals surface area contributed by atoms with E-state index in [9.17, 15) is 0 Å². The summed E-state index contributed by atoms with van der Waals surface area (Å²) in [6.45, 7) is 0.407. The van der Waals surface area contributed by atoms with E-state index < -0.39 is 0 Å². The average molecular weight is 333 g/mol. The minimum absolute atomic E-state index is 0.382. The van der Waals surface area contributed by atoms with E-state index >= 15 is 0 Å². The van der Waals surface area contributed by atoms with Gasteiger partial charge in [0.05, 0.1) is 18.6 Å². The van der Waals surface area contributed by atoms with Crippen LogP contribution in [0, 0.1) is 0 Å². The first-order valence-electron chi connectivity index (χ1n) is 5.85. The summed E-state index contributed by atoms with van der Waals surface area (Å²) in [6.07, 6.45) is 0. The maximum absolute atomic E-state index is 5.90. The second-order valence-electron chi connectivity index (χ2n) is 3.96. The highest BCUT2D eigenvalue weighted by Crippen LogP contribution is 2.39. The number of hydrogen-bond acceptors (Lipinski definition) is 4. The Kier molecular flexibility index (Phi) is 5.40. The Morgan fingerprint density at radius 2 is 1.75 bits per heavy atom. The monoisotopic (exact) mass is 332 g/mol. The lowest BCUT2D eigenvalue weighted by atomic mass is 10.2. The summed E-state index contributed by atoms with van der Waals surface area (Å²) in [5, 5.41) is 0. The van der Waals surface area contributed by atoms with Crippen molar-refractivity contribution in [2.75, 3.05) is 14.2 Å². The van der Waals surface area contributed by atoms with Crippen LogP contribution in [-0.4, -0.2) is 14.2 Å². The molecular formula is C14H14Cl2O3S.